The van der Waals surface area contributed by atoms with Crippen LogP contribution in [0.15, 0.2) is 24.3 Å². The molecule has 0 aliphatic carbocycles. The van der Waals surface area contributed by atoms with Crippen LogP contribution in [-0.2, 0) is 4.74 Å². The van der Waals surface area contributed by atoms with Crippen LogP contribution in [0.25, 0.3) is 0 Å². The second-order valence-electron chi connectivity index (χ2n) is 3.97. The van der Waals surface area contributed by atoms with Crippen molar-refractivity contribution in [2.75, 3.05) is 20.3 Å². The number of aliphatic hydroxyl groups is 1. The molecule has 1 aromatic rings. The average molecular weight is 239 g/mol. The minimum atomic E-state index is -0.559. The van der Waals surface area contributed by atoms with E-state index in [0.29, 0.717) is 19.6 Å². The van der Waals surface area contributed by atoms with Gasteiger partial charge in [-0.3, -0.25) is 0 Å². The van der Waals surface area contributed by atoms with Crippen molar-refractivity contribution in [3.05, 3.63) is 29.8 Å². The lowest BCUT2D eigenvalue weighted by Gasteiger charge is -2.16. The van der Waals surface area contributed by atoms with Gasteiger partial charge < -0.3 is 20.3 Å². The van der Waals surface area contributed by atoms with Gasteiger partial charge in [0.15, 0.2) is 0 Å². The maximum absolute atomic E-state index is 9.96. The van der Waals surface area contributed by atoms with Gasteiger partial charge in [0.05, 0.1) is 19.3 Å². The summed E-state index contributed by atoms with van der Waals surface area (Å²) in [6, 6.07) is 7.26. The van der Waals surface area contributed by atoms with Gasteiger partial charge in [-0.15, -0.1) is 0 Å². The van der Waals surface area contributed by atoms with Crippen molar-refractivity contribution in [3.63, 3.8) is 0 Å². The van der Waals surface area contributed by atoms with E-state index >= 15 is 0 Å². The Balaban J connectivity index is 2.53. The molecule has 1 rings (SSSR count). The van der Waals surface area contributed by atoms with Crippen LogP contribution in [-0.4, -0.2) is 31.5 Å². The Labute approximate surface area is 102 Å². The van der Waals surface area contributed by atoms with Gasteiger partial charge in [0.2, 0.25) is 0 Å². The highest BCUT2D eigenvalue weighted by Gasteiger charge is 2.12. The fourth-order valence-electron chi connectivity index (χ4n) is 1.66. The van der Waals surface area contributed by atoms with Crippen LogP contribution < -0.4 is 10.5 Å². The van der Waals surface area contributed by atoms with Crippen LogP contribution >= 0.6 is 0 Å². The lowest BCUT2D eigenvalue weighted by atomic mass is 10.0. The number of hydrogen-bond acceptors (Lipinski definition) is 4. The van der Waals surface area contributed by atoms with Crippen molar-refractivity contribution in [2.45, 2.75) is 25.5 Å². The summed E-state index contributed by atoms with van der Waals surface area (Å²) in [5.74, 6) is 0.810. The smallest absolute Gasteiger partial charge is 0.119 e. The Kier molecular flexibility index (Phi) is 5.97. The number of aliphatic hydroxyl groups excluding tert-OH is 1. The zero-order valence-electron chi connectivity index (χ0n) is 10.4. The summed E-state index contributed by atoms with van der Waals surface area (Å²) in [7, 11) is 1.60. The molecule has 0 radical (unpaired) electrons. The molecule has 17 heavy (non-hydrogen) atoms. The zero-order chi connectivity index (χ0) is 12.7. The molecule has 0 amide bonds. The lowest BCUT2D eigenvalue weighted by molar-refractivity contribution is 0.122. The Morgan fingerprint density at radius 2 is 1.94 bits per heavy atom. The van der Waals surface area contributed by atoms with Gasteiger partial charge in [-0.1, -0.05) is 12.1 Å². The number of methoxy groups -OCH3 is 1. The summed E-state index contributed by atoms with van der Waals surface area (Å²) in [6.45, 7) is 3.03. The molecular weight excluding hydrogens is 218 g/mol. The van der Waals surface area contributed by atoms with Gasteiger partial charge in [0, 0.05) is 13.2 Å². The van der Waals surface area contributed by atoms with E-state index in [9.17, 15) is 5.11 Å². The maximum atomic E-state index is 9.96. The predicted octanol–water partition coefficient (Wildman–Crippen LogP) is 1.48. The van der Waals surface area contributed by atoms with Crippen LogP contribution in [0.1, 0.15) is 25.0 Å². The summed E-state index contributed by atoms with van der Waals surface area (Å²) >= 11 is 0. The molecule has 0 saturated carbocycles. The Morgan fingerprint density at radius 3 is 2.47 bits per heavy atom. The Hall–Kier alpha value is -1.10. The summed E-state index contributed by atoms with van der Waals surface area (Å²) < 4.78 is 10.3. The average Bonchev–Trinajstić information content (AvgIpc) is 2.30. The van der Waals surface area contributed by atoms with Crippen molar-refractivity contribution in [2.24, 2.45) is 5.73 Å². The van der Waals surface area contributed by atoms with Gasteiger partial charge in [-0.05, 0) is 31.0 Å². The van der Waals surface area contributed by atoms with Gasteiger partial charge >= 0.3 is 0 Å². The Bertz CT molecular complexity index is 313. The molecule has 1 aromatic carbocycles. The third-order valence-electron chi connectivity index (χ3n) is 2.48. The minimum absolute atomic E-state index is 0.151. The number of benzene rings is 1. The van der Waals surface area contributed by atoms with Crippen molar-refractivity contribution < 1.29 is 14.6 Å². The van der Waals surface area contributed by atoms with Crippen LogP contribution in [0.4, 0.5) is 0 Å². The van der Waals surface area contributed by atoms with E-state index in [1.165, 1.54) is 0 Å². The summed E-state index contributed by atoms with van der Waals surface area (Å²) in [6.07, 6.45) is -0.0715. The van der Waals surface area contributed by atoms with Crippen LogP contribution in [0.2, 0.25) is 0 Å². The third kappa shape index (κ3) is 4.73. The molecule has 0 spiro atoms. The number of rotatable bonds is 7. The fraction of sp³-hybridized carbons (Fsp3) is 0.538. The maximum Gasteiger partial charge on any atom is 0.119 e. The lowest BCUT2D eigenvalue weighted by Crippen LogP contribution is -2.27. The zero-order valence-corrected chi connectivity index (χ0v) is 10.4. The van der Waals surface area contributed by atoms with E-state index in [2.05, 4.69) is 0 Å². The molecule has 0 fully saturated rings. The van der Waals surface area contributed by atoms with Crippen molar-refractivity contribution in [3.8, 4) is 5.75 Å². The second-order valence-corrected chi connectivity index (χ2v) is 3.97. The normalized spacial score (nSPS) is 14.4. The SMILES string of the molecule is CCOc1ccc(C(O)CC(N)COC)cc1. The van der Waals surface area contributed by atoms with E-state index in [1.54, 1.807) is 7.11 Å². The third-order valence-corrected chi connectivity index (χ3v) is 2.48. The van der Waals surface area contributed by atoms with E-state index in [1.807, 2.05) is 31.2 Å². The molecule has 4 nitrogen and oxygen atoms in total. The molecule has 0 aliphatic heterocycles. The first-order valence-electron chi connectivity index (χ1n) is 5.82. The number of hydrogen-bond donors (Lipinski definition) is 2. The van der Waals surface area contributed by atoms with E-state index in [4.69, 9.17) is 15.2 Å². The molecule has 2 unspecified atom stereocenters. The summed E-state index contributed by atoms with van der Waals surface area (Å²) in [5.41, 5.74) is 6.64. The molecule has 3 N–H and O–H groups in total. The molecule has 96 valence electrons. The first-order valence-corrected chi connectivity index (χ1v) is 5.82. The van der Waals surface area contributed by atoms with Crippen molar-refractivity contribution in [1.82, 2.24) is 0 Å². The van der Waals surface area contributed by atoms with E-state index in [-0.39, 0.29) is 6.04 Å². The first-order chi connectivity index (χ1) is 8.17. The van der Waals surface area contributed by atoms with Crippen LogP contribution in [0.3, 0.4) is 0 Å². The van der Waals surface area contributed by atoms with Crippen LogP contribution in [0, 0.1) is 0 Å². The van der Waals surface area contributed by atoms with Crippen LogP contribution in [0.5, 0.6) is 5.75 Å². The van der Waals surface area contributed by atoms with Crippen molar-refractivity contribution >= 4 is 0 Å². The van der Waals surface area contributed by atoms with E-state index in [0.717, 1.165) is 11.3 Å². The molecular formula is C13H21NO3. The van der Waals surface area contributed by atoms with E-state index < -0.39 is 6.10 Å². The van der Waals surface area contributed by atoms with Gasteiger partial charge in [0.1, 0.15) is 5.75 Å². The molecule has 0 saturated heterocycles. The summed E-state index contributed by atoms with van der Waals surface area (Å²) in [5, 5.41) is 9.96. The highest BCUT2D eigenvalue weighted by molar-refractivity contribution is 5.28. The fourth-order valence-corrected chi connectivity index (χ4v) is 1.66. The van der Waals surface area contributed by atoms with Crippen molar-refractivity contribution in [1.29, 1.82) is 0 Å². The van der Waals surface area contributed by atoms with Gasteiger partial charge in [-0.2, -0.15) is 0 Å². The molecule has 2 atom stereocenters. The highest BCUT2D eigenvalue weighted by atomic mass is 16.5. The summed E-state index contributed by atoms with van der Waals surface area (Å²) in [4.78, 5) is 0. The standard InChI is InChI=1S/C13H21NO3/c1-3-17-12-6-4-10(5-7-12)13(15)8-11(14)9-16-2/h4-7,11,13,15H,3,8-9,14H2,1-2H3. The predicted molar refractivity (Wildman–Crippen MR) is 67.0 cm³/mol. The molecule has 0 aliphatic rings. The number of nitrogens with two attached hydrogens (primary N) is 1. The number of ether oxygens (including phenoxy) is 2. The monoisotopic (exact) mass is 239 g/mol. The molecule has 4 heteroatoms. The first kappa shape index (κ1) is 14.0. The Morgan fingerprint density at radius 1 is 1.29 bits per heavy atom. The second kappa shape index (κ2) is 7.27. The highest BCUT2D eigenvalue weighted by Crippen LogP contribution is 2.21. The molecule has 0 aromatic heterocycles. The topological polar surface area (TPSA) is 64.7 Å². The largest absolute Gasteiger partial charge is 0.494 e. The van der Waals surface area contributed by atoms with Gasteiger partial charge in [0.25, 0.3) is 0 Å². The minimum Gasteiger partial charge on any atom is -0.494 e. The van der Waals surface area contributed by atoms with Gasteiger partial charge in [-0.25, -0.2) is 0 Å². The quantitative estimate of drug-likeness (QED) is 0.756. The molecule has 0 bridgehead atoms. The molecule has 0 heterocycles.